The Kier molecular flexibility index (Phi) is 2.98. The van der Waals surface area contributed by atoms with Gasteiger partial charge in [0.15, 0.2) is 0 Å². The van der Waals surface area contributed by atoms with Crippen LogP contribution in [0, 0.1) is 0 Å². The molecule has 0 amide bonds. The van der Waals surface area contributed by atoms with Gasteiger partial charge in [0.2, 0.25) is 5.82 Å². The zero-order valence-corrected chi connectivity index (χ0v) is 11.3. The van der Waals surface area contributed by atoms with Crippen LogP contribution in [0.4, 0.5) is 5.82 Å². The Bertz CT molecular complexity index is 711. The van der Waals surface area contributed by atoms with Gasteiger partial charge in [0.05, 0.1) is 6.20 Å². The van der Waals surface area contributed by atoms with Crippen molar-refractivity contribution >= 4 is 5.82 Å². The highest BCUT2D eigenvalue weighted by Gasteiger charge is 2.14. The van der Waals surface area contributed by atoms with Crippen LogP contribution in [0.2, 0.25) is 0 Å². The zero-order chi connectivity index (χ0) is 14.1. The van der Waals surface area contributed by atoms with Crippen molar-refractivity contribution in [2.45, 2.75) is 19.8 Å². The van der Waals surface area contributed by atoms with E-state index < -0.39 is 0 Å². The molecule has 0 fully saturated rings. The molecule has 3 rings (SSSR count). The Morgan fingerprint density at radius 3 is 2.55 bits per heavy atom. The van der Waals surface area contributed by atoms with Gasteiger partial charge in [-0.3, -0.25) is 5.10 Å². The fourth-order valence-corrected chi connectivity index (χ4v) is 1.93. The SMILES string of the molecule is CC(C)c1ccc(-c2noc(-c3cn[nH]c3N)n2)cc1. The molecule has 2 aromatic heterocycles. The van der Waals surface area contributed by atoms with Crippen LogP contribution in [-0.2, 0) is 0 Å². The monoisotopic (exact) mass is 269 g/mol. The first kappa shape index (κ1) is 12.4. The van der Waals surface area contributed by atoms with Gasteiger partial charge in [-0.1, -0.05) is 43.3 Å². The van der Waals surface area contributed by atoms with E-state index in [0.717, 1.165) is 5.56 Å². The van der Waals surface area contributed by atoms with Gasteiger partial charge in [0.25, 0.3) is 5.89 Å². The second-order valence-electron chi connectivity index (χ2n) is 4.90. The fraction of sp³-hybridized carbons (Fsp3) is 0.214. The molecule has 2 heterocycles. The molecule has 0 aliphatic rings. The first-order chi connectivity index (χ1) is 9.65. The van der Waals surface area contributed by atoms with E-state index in [0.29, 0.717) is 29.0 Å². The van der Waals surface area contributed by atoms with E-state index in [9.17, 15) is 0 Å². The first-order valence-electron chi connectivity index (χ1n) is 6.38. The predicted octanol–water partition coefficient (Wildman–Crippen LogP) is 2.83. The highest BCUT2D eigenvalue weighted by molar-refractivity contribution is 5.67. The summed E-state index contributed by atoms with van der Waals surface area (Å²) in [6.07, 6.45) is 1.56. The summed E-state index contributed by atoms with van der Waals surface area (Å²) < 4.78 is 5.22. The maximum absolute atomic E-state index is 5.73. The molecule has 0 unspecified atom stereocenters. The van der Waals surface area contributed by atoms with Crippen molar-refractivity contribution in [3.8, 4) is 22.8 Å². The van der Waals surface area contributed by atoms with Crippen LogP contribution < -0.4 is 5.73 Å². The summed E-state index contributed by atoms with van der Waals surface area (Å²) in [5.41, 5.74) is 8.52. The molecule has 0 saturated carbocycles. The number of anilines is 1. The minimum Gasteiger partial charge on any atom is -0.383 e. The van der Waals surface area contributed by atoms with E-state index in [1.54, 1.807) is 6.20 Å². The van der Waals surface area contributed by atoms with Gasteiger partial charge in [-0.2, -0.15) is 10.1 Å². The largest absolute Gasteiger partial charge is 0.383 e. The summed E-state index contributed by atoms with van der Waals surface area (Å²) in [6, 6.07) is 8.12. The summed E-state index contributed by atoms with van der Waals surface area (Å²) in [7, 11) is 0. The van der Waals surface area contributed by atoms with Crippen LogP contribution in [0.1, 0.15) is 25.3 Å². The standard InChI is InChI=1S/C14H15N5O/c1-8(2)9-3-5-10(6-4-9)13-17-14(20-19-13)11-7-16-18-12(11)15/h3-8H,1-2H3,(H3,15,16,18). The van der Waals surface area contributed by atoms with Crippen LogP contribution in [0.5, 0.6) is 0 Å². The van der Waals surface area contributed by atoms with Crippen molar-refractivity contribution in [1.82, 2.24) is 20.3 Å². The fourth-order valence-electron chi connectivity index (χ4n) is 1.93. The normalized spacial score (nSPS) is 11.2. The Hall–Kier alpha value is -2.63. The van der Waals surface area contributed by atoms with Gasteiger partial charge in [-0.25, -0.2) is 0 Å². The lowest BCUT2D eigenvalue weighted by Gasteiger charge is -2.04. The van der Waals surface area contributed by atoms with Crippen molar-refractivity contribution in [3.63, 3.8) is 0 Å². The summed E-state index contributed by atoms with van der Waals surface area (Å²) in [4.78, 5) is 4.34. The molecule has 0 saturated heterocycles. The quantitative estimate of drug-likeness (QED) is 0.762. The summed E-state index contributed by atoms with van der Waals surface area (Å²) in [5.74, 6) is 1.81. The minimum atomic E-state index is 0.360. The van der Waals surface area contributed by atoms with Crippen molar-refractivity contribution in [3.05, 3.63) is 36.0 Å². The average Bonchev–Trinajstić information content (AvgIpc) is 3.07. The maximum atomic E-state index is 5.73. The average molecular weight is 269 g/mol. The highest BCUT2D eigenvalue weighted by atomic mass is 16.5. The molecule has 0 radical (unpaired) electrons. The molecule has 20 heavy (non-hydrogen) atoms. The van der Waals surface area contributed by atoms with Gasteiger partial charge < -0.3 is 10.3 Å². The molecular formula is C14H15N5O. The molecule has 0 aliphatic carbocycles. The molecular weight excluding hydrogens is 254 g/mol. The second-order valence-corrected chi connectivity index (χ2v) is 4.90. The molecule has 3 aromatic rings. The highest BCUT2D eigenvalue weighted by Crippen LogP contribution is 2.25. The predicted molar refractivity (Wildman–Crippen MR) is 75.8 cm³/mol. The molecule has 6 nitrogen and oxygen atoms in total. The van der Waals surface area contributed by atoms with Crippen molar-refractivity contribution in [2.75, 3.05) is 5.73 Å². The zero-order valence-electron chi connectivity index (χ0n) is 11.3. The van der Waals surface area contributed by atoms with E-state index in [4.69, 9.17) is 10.3 Å². The van der Waals surface area contributed by atoms with Crippen molar-refractivity contribution in [2.24, 2.45) is 0 Å². The molecule has 6 heteroatoms. The third-order valence-electron chi connectivity index (χ3n) is 3.16. The number of aromatic nitrogens is 4. The van der Waals surface area contributed by atoms with Gasteiger partial charge >= 0.3 is 0 Å². The summed E-state index contributed by atoms with van der Waals surface area (Å²) in [5, 5.41) is 10.4. The van der Waals surface area contributed by atoms with E-state index >= 15 is 0 Å². The number of hydrogen-bond acceptors (Lipinski definition) is 5. The molecule has 0 spiro atoms. The van der Waals surface area contributed by atoms with Crippen molar-refractivity contribution in [1.29, 1.82) is 0 Å². The van der Waals surface area contributed by atoms with Gasteiger partial charge in [0, 0.05) is 5.56 Å². The van der Waals surface area contributed by atoms with E-state index in [2.05, 4.69) is 46.3 Å². The number of nitrogens with one attached hydrogen (secondary N) is 1. The Balaban J connectivity index is 1.92. The molecule has 102 valence electrons. The lowest BCUT2D eigenvalue weighted by molar-refractivity contribution is 0.432. The van der Waals surface area contributed by atoms with E-state index in [1.807, 2.05) is 12.1 Å². The lowest BCUT2D eigenvalue weighted by Crippen LogP contribution is -1.88. The van der Waals surface area contributed by atoms with E-state index in [-0.39, 0.29) is 0 Å². The van der Waals surface area contributed by atoms with Crippen LogP contribution in [0.3, 0.4) is 0 Å². The maximum Gasteiger partial charge on any atom is 0.263 e. The Morgan fingerprint density at radius 2 is 1.95 bits per heavy atom. The van der Waals surface area contributed by atoms with Gasteiger partial charge in [-0.05, 0) is 11.5 Å². The van der Waals surface area contributed by atoms with Gasteiger partial charge in [0.1, 0.15) is 11.4 Å². The summed E-state index contributed by atoms with van der Waals surface area (Å²) in [6.45, 7) is 4.31. The number of H-pyrrole nitrogens is 1. The Morgan fingerprint density at radius 1 is 1.20 bits per heavy atom. The number of hydrogen-bond donors (Lipinski definition) is 2. The molecule has 0 atom stereocenters. The van der Waals surface area contributed by atoms with Crippen molar-refractivity contribution < 1.29 is 4.52 Å². The van der Waals surface area contributed by atoms with E-state index in [1.165, 1.54) is 5.56 Å². The number of nitrogens with zero attached hydrogens (tertiary/aromatic N) is 3. The smallest absolute Gasteiger partial charge is 0.263 e. The second kappa shape index (κ2) is 4.80. The molecule has 3 N–H and O–H groups in total. The number of aromatic amines is 1. The van der Waals surface area contributed by atoms with Gasteiger partial charge in [-0.15, -0.1) is 0 Å². The van der Waals surface area contributed by atoms with Crippen LogP contribution in [0.15, 0.2) is 35.0 Å². The lowest BCUT2D eigenvalue weighted by atomic mass is 10.0. The summed E-state index contributed by atoms with van der Waals surface area (Å²) >= 11 is 0. The number of rotatable bonds is 3. The first-order valence-corrected chi connectivity index (χ1v) is 6.38. The molecule has 0 bridgehead atoms. The van der Waals surface area contributed by atoms with Crippen LogP contribution in [0.25, 0.3) is 22.8 Å². The third-order valence-corrected chi connectivity index (χ3v) is 3.16. The number of nitrogens with two attached hydrogens (primary N) is 1. The topological polar surface area (TPSA) is 93.6 Å². The van der Waals surface area contributed by atoms with Crippen LogP contribution >= 0.6 is 0 Å². The number of benzene rings is 1. The minimum absolute atomic E-state index is 0.360. The van der Waals surface area contributed by atoms with Crippen LogP contribution in [-0.4, -0.2) is 20.3 Å². The molecule has 0 aliphatic heterocycles. The number of nitrogen functional groups attached to an aromatic ring is 1. The molecule has 1 aromatic carbocycles. The Labute approximate surface area is 116 Å². The third kappa shape index (κ3) is 2.16.